The Bertz CT molecular complexity index is 1400. The fraction of sp³-hybridized carbons (Fsp3) is 0.0870. The quantitative estimate of drug-likeness (QED) is 0.388. The molecule has 0 saturated carbocycles. The van der Waals surface area contributed by atoms with E-state index < -0.39 is 0 Å². The van der Waals surface area contributed by atoms with E-state index in [0.717, 1.165) is 28.1 Å². The van der Waals surface area contributed by atoms with Crippen LogP contribution in [0.4, 0.5) is 11.5 Å². The topological polar surface area (TPSA) is 90.6 Å². The van der Waals surface area contributed by atoms with Gasteiger partial charge < -0.3 is 10.1 Å². The Labute approximate surface area is 188 Å². The summed E-state index contributed by atoms with van der Waals surface area (Å²) in [7, 11) is 0. The first kappa shape index (κ1) is 19.9. The minimum absolute atomic E-state index is 0.328. The molecule has 0 fully saturated rings. The smallest absolute Gasteiger partial charge is 0.322 e. The summed E-state index contributed by atoms with van der Waals surface area (Å²) < 4.78 is 7.51. The molecule has 0 unspecified atom stereocenters. The average molecular weight is 444 g/mol. The van der Waals surface area contributed by atoms with Crippen molar-refractivity contribution in [2.24, 2.45) is 0 Å². The number of hydrogen-bond acceptors (Lipinski definition) is 7. The normalized spacial score (nSPS) is 11.0. The summed E-state index contributed by atoms with van der Waals surface area (Å²) in [5.74, 6) is 1.29. The van der Waals surface area contributed by atoms with Crippen LogP contribution in [0.3, 0.4) is 0 Å². The van der Waals surface area contributed by atoms with Crippen molar-refractivity contribution in [3.05, 3.63) is 83.5 Å². The van der Waals surface area contributed by atoms with Crippen LogP contribution < -0.4 is 10.1 Å². The zero-order valence-electron chi connectivity index (χ0n) is 17.3. The molecular weight excluding hydrogens is 426 g/mol. The average Bonchev–Trinajstić information content (AvgIpc) is 3.20. The number of rotatable bonds is 5. The van der Waals surface area contributed by atoms with Crippen molar-refractivity contribution in [1.82, 2.24) is 29.7 Å². The van der Waals surface area contributed by atoms with Crippen molar-refractivity contribution in [1.29, 1.82) is 0 Å². The second-order valence-electron chi connectivity index (χ2n) is 7.18. The summed E-state index contributed by atoms with van der Waals surface area (Å²) in [6, 6.07) is 17.2. The predicted octanol–water partition coefficient (Wildman–Crippen LogP) is 5.41. The summed E-state index contributed by atoms with van der Waals surface area (Å²) in [4.78, 5) is 17.4. The molecule has 0 radical (unpaired) electrons. The molecule has 0 aliphatic carbocycles. The molecule has 0 bridgehead atoms. The second-order valence-corrected chi connectivity index (χ2v) is 7.62. The molecule has 0 spiro atoms. The highest BCUT2D eigenvalue weighted by molar-refractivity contribution is 6.30. The van der Waals surface area contributed by atoms with Crippen molar-refractivity contribution in [2.45, 2.75) is 13.8 Å². The van der Waals surface area contributed by atoms with Crippen LogP contribution in [-0.2, 0) is 0 Å². The number of benzene rings is 2. The van der Waals surface area contributed by atoms with Crippen LogP contribution in [0.2, 0.25) is 5.02 Å². The lowest BCUT2D eigenvalue weighted by Gasteiger charge is -2.09. The van der Waals surface area contributed by atoms with E-state index in [2.05, 4.69) is 30.4 Å². The van der Waals surface area contributed by atoms with Crippen LogP contribution in [0.1, 0.15) is 11.4 Å². The van der Waals surface area contributed by atoms with Gasteiger partial charge in [0, 0.05) is 22.1 Å². The van der Waals surface area contributed by atoms with Gasteiger partial charge in [0.05, 0.1) is 17.3 Å². The molecule has 3 aromatic heterocycles. The van der Waals surface area contributed by atoms with Gasteiger partial charge in [-0.05, 0) is 62.4 Å². The highest BCUT2D eigenvalue weighted by atomic mass is 35.5. The molecule has 5 aromatic rings. The van der Waals surface area contributed by atoms with E-state index in [4.69, 9.17) is 16.3 Å². The van der Waals surface area contributed by atoms with E-state index in [-0.39, 0.29) is 0 Å². The summed E-state index contributed by atoms with van der Waals surface area (Å²) in [5, 5.41) is 9.20. The van der Waals surface area contributed by atoms with Gasteiger partial charge in [-0.2, -0.15) is 5.10 Å². The van der Waals surface area contributed by atoms with Gasteiger partial charge >= 0.3 is 6.01 Å². The number of fused-ring (bicyclic) bond motifs is 1. The Kier molecular flexibility index (Phi) is 5.12. The zero-order chi connectivity index (χ0) is 22.1. The lowest BCUT2D eigenvalue weighted by Crippen LogP contribution is -1.99. The third-order valence-electron chi connectivity index (χ3n) is 4.71. The molecule has 1 N–H and O–H groups in total. The van der Waals surface area contributed by atoms with Gasteiger partial charge in [-0.15, -0.1) is 0 Å². The Balaban J connectivity index is 1.39. The molecule has 2 aromatic carbocycles. The number of anilines is 2. The van der Waals surface area contributed by atoms with Gasteiger partial charge in [0.2, 0.25) is 0 Å². The van der Waals surface area contributed by atoms with Gasteiger partial charge in [-0.3, -0.25) is 0 Å². The molecule has 8 nitrogen and oxygen atoms in total. The number of nitrogens with one attached hydrogen (secondary N) is 1. The van der Waals surface area contributed by atoms with E-state index in [1.807, 2.05) is 68.4 Å². The lowest BCUT2D eigenvalue weighted by molar-refractivity contribution is 0.439. The summed E-state index contributed by atoms with van der Waals surface area (Å²) in [5.41, 5.74) is 4.06. The van der Waals surface area contributed by atoms with Crippen molar-refractivity contribution in [2.75, 3.05) is 5.32 Å². The third-order valence-corrected chi connectivity index (χ3v) is 4.94. The Morgan fingerprint density at radius 3 is 2.47 bits per heavy atom. The second kappa shape index (κ2) is 8.24. The first-order chi connectivity index (χ1) is 15.5. The number of nitrogens with zero attached hydrogens (tertiary/aromatic N) is 6. The van der Waals surface area contributed by atoms with E-state index >= 15 is 0 Å². The first-order valence-electron chi connectivity index (χ1n) is 9.87. The monoisotopic (exact) mass is 443 g/mol. The van der Waals surface area contributed by atoms with Gasteiger partial charge in [0.25, 0.3) is 0 Å². The maximum atomic E-state index is 6.13. The standard InChI is InChI=1S/C23H18ClN7O/c1-14-10-15(2)29-23(28-14)32-19-8-6-17(7-9-19)30-21-20-12-27-31(22(20)26-13-25-21)18-5-3-4-16(24)11-18/h3-13H,1-2H3,(H,25,26,30). The molecule has 9 heteroatoms. The van der Waals surface area contributed by atoms with Crippen LogP contribution in [-0.4, -0.2) is 29.7 Å². The van der Waals surface area contributed by atoms with Crippen molar-refractivity contribution >= 4 is 34.1 Å². The molecule has 0 aliphatic heterocycles. The van der Waals surface area contributed by atoms with Gasteiger partial charge in [0.1, 0.15) is 17.9 Å². The van der Waals surface area contributed by atoms with E-state index in [1.165, 1.54) is 6.33 Å². The first-order valence-corrected chi connectivity index (χ1v) is 10.2. The summed E-state index contributed by atoms with van der Waals surface area (Å²) in [6.07, 6.45) is 3.23. The van der Waals surface area contributed by atoms with E-state index in [0.29, 0.717) is 28.2 Å². The van der Waals surface area contributed by atoms with Crippen LogP contribution in [0.25, 0.3) is 16.7 Å². The number of hydrogen-bond donors (Lipinski definition) is 1. The minimum Gasteiger partial charge on any atom is -0.424 e. The van der Waals surface area contributed by atoms with E-state index in [9.17, 15) is 0 Å². The Hall–Kier alpha value is -4.04. The van der Waals surface area contributed by atoms with Crippen molar-refractivity contribution in [3.63, 3.8) is 0 Å². The zero-order valence-corrected chi connectivity index (χ0v) is 18.1. The van der Waals surface area contributed by atoms with Gasteiger partial charge in [-0.25, -0.2) is 24.6 Å². The molecule has 0 atom stereocenters. The van der Waals surface area contributed by atoms with Crippen molar-refractivity contribution < 1.29 is 4.74 Å². The minimum atomic E-state index is 0.328. The highest BCUT2D eigenvalue weighted by Gasteiger charge is 2.12. The molecule has 32 heavy (non-hydrogen) atoms. The summed E-state index contributed by atoms with van der Waals surface area (Å²) >= 11 is 6.13. The lowest BCUT2D eigenvalue weighted by atomic mass is 10.3. The van der Waals surface area contributed by atoms with Crippen LogP contribution in [0.15, 0.2) is 67.1 Å². The number of aryl methyl sites for hydroxylation is 2. The molecule has 3 heterocycles. The maximum Gasteiger partial charge on any atom is 0.322 e. The van der Waals surface area contributed by atoms with Gasteiger partial charge in [-0.1, -0.05) is 17.7 Å². The molecule has 158 valence electrons. The Morgan fingerprint density at radius 1 is 0.938 bits per heavy atom. The molecule has 0 amide bonds. The fourth-order valence-electron chi connectivity index (χ4n) is 3.33. The molecule has 5 rings (SSSR count). The molecular formula is C23H18ClN7O. The van der Waals surface area contributed by atoms with Crippen LogP contribution in [0, 0.1) is 13.8 Å². The maximum absolute atomic E-state index is 6.13. The van der Waals surface area contributed by atoms with Crippen LogP contribution >= 0.6 is 11.6 Å². The predicted molar refractivity (Wildman–Crippen MR) is 123 cm³/mol. The third kappa shape index (κ3) is 4.08. The largest absolute Gasteiger partial charge is 0.424 e. The van der Waals surface area contributed by atoms with Crippen molar-refractivity contribution in [3.8, 4) is 17.4 Å². The molecule has 0 saturated heterocycles. The summed E-state index contributed by atoms with van der Waals surface area (Å²) in [6.45, 7) is 3.82. The highest BCUT2D eigenvalue weighted by Crippen LogP contribution is 2.27. The number of aromatic nitrogens is 6. The number of ether oxygens (including phenoxy) is 1. The molecule has 0 aliphatic rings. The fourth-order valence-corrected chi connectivity index (χ4v) is 3.51. The van der Waals surface area contributed by atoms with Crippen LogP contribution in [0.5, 0.6) is 11.8 Å². The number of halogens is 1. The van der Waals surface area contributed by atoms with E-state index in [1.54, 1.807) is 10.9 Å². The van der Waals surface area contributed by atoms with Gasteiger partial charge in [0.15, 0.2) is 5.65 Å². The Morgan fingerprint density at radius 2 is 1.72 bits per heavy atom. The SMILES string of the molecule is Cc1cc(C)nc(Oc2ccc(Nc3ncnc4c3cnn4-c3cccc(Cl)c3)cc2)n1.